The van der Waals surface area contributed by atoms with Crippen molar-refractivity contribution in [1.82, 2.24) is 5.32 Å². The maximum Gasteiger partial charge on any atom is 0.137 e. The topological polar surface area (TPSA) is 25.2 Å². The van der Waals surface area contributed by atoms with Gasteiger partial charge in [-0.2, -0.15) is 0 Å². The number of aryl methyl sites for hydroxylation is 2. The Morgan fingerprint density at radius 1 is 1.29 bits per heavy atom. The van der Waals surface area contributed by atoms with Crippen LogP contribution in [0.3, 0.4) is 0 Å². The minimum atomic E-state index is 0.275. The SMILES string of the molecule is CCNC(C)c1oc2c(CC)cccc2c1C. The molecule has 0 saturated heterocycles. The summed E-state index contributed by atoms with van der Waals surface area (Å²) in [4.78, 5) is 0. The van der Waals surface area contributed by atoms with E-state index in [-0.39, 0.29) is 6.04 Å². The van der Waals surface area contributed by atoms with Gasteiger partial charge in [0.1, 0.15) is 11.3 Å². The van der Waals surface area contributed by atoms with Crippen molar-refractivity contribution in [2.75, 3.05) is 6.54 Å². The first-order valence-corrected chi connectivity index (χ1v) is 6.43. The van der Waals surface area contributed by atoms with Crippen LogP contribution in [0.5, 0.6) is 0 Å². The third-order valence-electron chi connectivity index (χ3n) is 3.37. The van der Waals surface area contributed by atoms with Crippen LogP contribution < -0.4 is 5.32 Å². The lowest BCUT2D eigenvalue weighted by Gasteiger charge is -2.09. The van der Waals surface area contributed by atoms with Crippen LogP contribution in [0.2, 0.25) is 0 Å². The average molecular weight is 231 g/mol. The van der Waals surface area contributed by atoms with Gasteiger partial charge in [-0.05, 0) is 37.9 Å². The van der Waals surface area contributed by atoms with Gasteiger partial charge in [-0.3, -0.25) is 0 Å². The second-order valence-corrected chi connectivity index (χ2v) is 4.52. The van der Waals surface area contributed by atoms with Gasteiger partial charge < -0.3 is 9.73 Å². The molecule has 1 heterocycles. The summed E-state index contributed by atoms with van der Waals surface area (Å²) in [5.41, 5.74) is 3.62. The van der Waals surface area contributed by atoms with Crippen molar-refractivity contribution in [3.8, 4) is 0 Å². The normalized spacial score (nSPS) is 13.2. The maximum atomic E-state index is 6.07. The van der Waals surface area contributed by atoms with E-state index in [1.807, 2.05) is 0 Å². The average Bonchev–Trinajstić information content (AvgIpc) is 2.67. The molecule has 2 nitrogen and oxygen atoms in total. The van der Waals surface area contributed by atoms with E-state index in [0.29, 0.717) is 0 Å². The molecule has 92 valence electrons. The molecular formula is C15H21NO. The number of rotatable bonds is 4. The van der Waals surface area contributed by atoms with Crippen molar-refractivity contribution in [3.63, 3.8) is 0 Å². The van der Waals surface area contributed by atoms with E-state index in [4.69, 9.17) is 4.42 Å². The van der Waals surface area contributed by atoms with Gasteiger partial charge in [0.2, 0.25) is 0 Å². The molecule has 1 N–H and O–H groups in total. The Morgan fingerprint density at radius 3 is 2.71 bits per heavy atom. The lowest BCUT2D eigenvalue weighted by Crippen LogP contribution is -2.17. The highest BCUT2D eigenvalue weighted by atomic mass is 16.3. The minimum absolute atomic E-state index is 0.275. The summed E-state index contributed by atoms with van der Waals surface area (Å²) >= 11 is 0. The third kappa shape index (κ3) is 2.09. The zero-order valence-corrected chi connectivity index (χ0v) is 11.1. The smallest absolute Gasteiger partial charge is 0.137 e. The van der Waals surface area contributed by atoms with E-state index in [1.165, 1.54) is 16.5 Å². The molecular weight excluding hydrogens is 210 g/mol. The van der Waals surface area contributed by atoms with Gasteiger partial charge in [0.25, 0.3) is 0 Å². The molecule has 0 spiro atoms. The van der Waals surface area contributed by atoms with Crippen molar-refractivity contribution >= 4 is 11.0 Å². The van der Waals surface area contributed by atoms with Crippen LogP contribution in [0.15, 0.2) is 22.6 Å². The summed E-state index contributed by atoms with van der Waals surface area (Å²) in [6, 6.07) is 6.69. The molecule has 0 saturated carbocycles. The van der Waals surface area contributed by atoms with Crippen LogP contribution in [0.4, 0.5) is 0 Å². The fraction of sp³-hybridized carbons (Fsp3) is 0.467. The molecule has 0 amide bonds. The van der Waals surface area contributed by atoms with Crippen LogP contribution in [0.25, 0.3) is 11.0 Å². The van der Waals surface area contributed by atoms with Crippen LogP contribution >= 0.6 is 0 Å². The van der Waals surface area contributed by atoms with E-state index >= 15 is 0 Å². The number of nitrogens with one attached hydrogen (secondary N) is 1. The summed E-state index contributed by atoms with van der Waals surface area (Å²) in [6.45, 7) is 9.54. The molecule has 1 unspecified atom stereocenters. The zero-order valence-electron chi connectivity index (χ0n) is 11.1. The van der Waals surface area contributed by atoms with Gasteiger partial charge in [0.15, 0.2) is 0 Å². The van der Waals surface area contributed by atoms with E-state index in [9.17, 15) is 0 Å². The predicted molar refractivity (Wildman–Crippen MR) is 72.4 cm³/mol. The van der Waals surface area contributed by atoms with Gasteiger partial charge in [-0.15, -0.1) is 0 Å². The Morgan fingerprint density at radius 2 is 2.06 bits per heavy atom. The number of hydrogen-bond donors (Lipinski definition) is 1. The monoisotopic (exact) mass is 231 g/mol. The molecule has 1 aromatic carbocycles. The lowest BCUT2D eigenvalue weighted by atomic mass is 10.1. The number of furan rings is 1. The molecule has 0 bridgehead atoms. The molecule has 1 atom stereocenters. The number of para-hydroxylation sites is 1. The van der Waals surface area contributed by atoms with Crippen LogP contribution in [-0.4, -0.2) is 6.54 Å². The fourth-order valence-corrected chi connectivity index (χ4v) is 2.41. The summed E-state index contributed by atoms with van der Waals surface area (Å²) in [5.74, 6) is 1.07. The zero-order chi connectivity index (χ0) is 12.4. The van der Waals surface area contributed by atoms with E-state index < -0.39 is 0 Å². The van der Waals surface area contributed by atoms with E-state index in [1.54, 1.807) is 0 Å². The Bertz CT molecular complexity index is 513. The molecule has 2 aromatic rings. The van der Waals surface area contributed by atoms with E-state index in [0.717, 1.165) is 24.3 Å². The summed E-state index contributed by atoms with van der Waals surface area (Å²) in [7, 11) is 0. The summed E-state index contributed by atoms with van der Waals surface area (Å²) in [5, 5.41) is 4.66. The van der Waals surface area contributed by atoms with Gasteiger partial charge in [0, 0.05) is 5.39 Å². The molecule has 1 aromatic heterocycles. The quantitative estimate of drug-likeness (QED) is 0.861. The van der Waals surface area contributed by atoms with Gasteiger partial charge in [0.05, 0.1) is 6.04 Å². The molecule has 0 aliphatic carbocycles. The molecule has 17 heavy (non-hydrogen) atoms. The molecule has 2 rings (SSSR count). The molecule has 0 fully saturated rings. The van der Waals surface area contributed by atoms with Crippen molar-refractivity contribution in [2.45, 2.75) is 40.2 Å². The largest absolute Gasteiger partial charge is 0.459 e. The highest BCUT2D eigenvalue weighted by Crippen LogP contribution is 2.31. The Kier molecular flexibility index (Phi) is 3.53. The Hall–Kier alpha value is -1.28. The van der Waals surface area contributed by atoms with E-state index in [2.05, 4.69) is 51.2 Å². The van der Waals surface area contributed by atoms with Crippen molar-refractivity contribution in [2.24, 2.45) is 0 Å². The number of benzene rings is 1. The van der Waals surface area contributed by atoms with Gasteiger partial charge in [-0.1, -0.05) is 32.0 Å². The Labute approximate surface area is 103 Å². The molecule has 2 heteroatoms. The summed E-state index contributed by atoms with van der Waals surface area (Å²) in [6.07, 6.45) is 1.01. The number of fused-ring (bicyclic) bond motifs is 1. The Balaban J connectivity index is 2.56. The minimum Gasteiger partial charge on any atom is -0.459 e. The van der Waals surface area contributed by atoms with Gasteiger partial charge >= 0.3 is 0 Å². The first-order chi connectivity index (χ1) is 8.19. The van der Waals surface area contributed by atoms with Crippen LogP contribution in [-0.2, 0) is 6.42 Å². The lowest BCUT2D eigenvalue weighted by molar-refractivity contribution is 0.455. The highest BCUT2D eigenvalue weighted by Gasteiger charge is 2.16. The first kappa shape index (κ1) is 12.2. The second-order valence-electron chi connectivity index (χ2n) is 4.52. The first-order valence-electron chi connectivity index (χ1n) is 6.43. The molecule has 0 radical (unpaired) electrons. The summed E-state index contributed by atoms with van der Waals surface area (Å²) < 4.78 is 6.07. The second kappa shape index (κ2) is 4.92. The standard InChI is InChI=1S/C15H21NO/c1-5-12-8-7-9-13-10(3)14(17-15(12)13)11(4)16-6-2/h7-9,11,16H,5-6H2,1-4H3. The van der Waals surface area contributed by atoms with Crippen LogP contribution in [0.1, 0.15) is 43.7 Å². The third-order valence-corrected chi connectivity index (χ3v) is 3.37. The predicted octanol–water partition coefficient (Wildman–Crippen LogP) is 3.97. The maximum absolute atomic E-state index is 6.07. The fourth-order valence-electron chi connectivity index (χ4n) is 2.41. The van der Waals surface area contributed by atoms with Crippen molar-refractivity contribution < 1.29 is 4.42 Å². The number of hydrogen-bond acceptors (Lipinski definition) is 2. The van der Waals surface area contributed by atoms with Gasteiger partial charge in [-0.25, -0.2) is 0 Å². The highest BCUT2D eigenvalue weighted by molar-refractivity contribution is 5.85. The van der Waals surface area contributed by atoms with Crippen molar-refractivity contribution in [1.29, 1.82) is 0 Å². The van der Waals surface area contributed by atoms with Crippen molar-refractivity contribution in [3.05, 3.63) is 35.1 Å². The van der Waals surface area contributed by atoms with Crippen LogP contribution in [0, 0.1) is 6.92 Å². The molecule has 0 aliphatic heterocycles. The molecule has 0 aliphatic rings.